The normalized spacial score (nSPS) is 11.0. The third kappa shape index (κ3) is 2.66. The molecule has 3 heterocycles. The molecule has 0 aliphatic carbocycles. The predicted molar refractivity (Wildman–Crippen MR) is 75.7 cm³/mol. The molecule has 0 saturated heterocycles. The van der Waals surface area contributed by atoms with Crippen molar-refractivity contribution in [2.24, 2.45) is 0 Å². The van der Waals surface area contributed by atoms with Gasteiger partial charge in [-0.3, -0.25) is 9.20 Å². The molecular weight excluding hydrogens is 280 g/mol. The first kappa shape index (κ1) is 12.3. The number of hydrogen-bond donors (Lipinski definition) is 0. The molecule has 0 bridgehead atoms. The molecule has 0 saturated carbocycles. The van der Waals surface area contributed by atoms with Gasteiger partial charge in [0.1, 0.15) is 11.2 Å². The fraction of sp³-hybridized carbons (Fsp3) is 0.167. The molecular formula is C12H10N4OS2. The summed E-state index contributed by atoms with van der Waals surface area (Å²) in [7, 11) is 0. The van der Waals surface area contributed by atoms with Crippen molar-refractivity contribution in [3.63, 3.8) is 0 Å². The summed E-state index contributed by atoms with van der Waals surface area (Å²) >= 11 is 3.02. The second kappa shape index (κ2) is 5.10. The molecule has 0 aliphatic rings. The van der Waals surface area contributed by atoms with Gasteiger partial charge in [-0.25, -0.2) is 4.98 Å². The molecule has 0 unspecified atom stereocenters. The van der Waals surface area contributed by atoms with E-state index in [0.717, 1.165) is 15.6 Å². The SMILES string of the molecule is Cc1ccn2c(=O)cc(CSc3nncs3)nc2c1. The van der Waals surface area contributed by atoms with E-state index in [4.69, 9.17) is 0 Å². The topological polar surface area (TPSA) is 60.2 Å². The van der Waals surface area contributed by atoms with Gasteiger partial charge in [0.05, 0.1) is 5.69 Å². The third-order valence-corrected chi connectivity index (χ3v) is 4.45. The molecule has 96 valence electrons. The highest BCUT2D eigenvalue weighted by Crippen LogP contribution is 2.22. The fourth-order valence-electron chi connectivity index (χ4n) is 1.69. The van der Waals surface area contributed by atoms with Gasteiger partial charge < -0.3 is 0 Å². The smallest absolute Gasteiger partial charge is 0.258 e. The predicted octanol–water partition coefficient (Wildman–Crippen LogP) is 2.15. The molecule has 3 aromatic heterocycles. The Labute approximate surface area is 117 Å². The molecule has 0 amide bonds. The van der Waals surface area contributed by atoms with E-state index >= 15 is 0 Å². The number of pyridine rings is 1. The van der Waals surface area contributed by atoms with Crippen molar-refractivity contribution in [3.8, 4) is 0 Å². The van der Waals surface area contributed by atoms with Crippen molar-refractivity contribution in [1.82, 2.24) is 19.6 Å². The summed E-state index contributed by atoms with van der Waals surface area (Å²) in [5.41, 5.74) is 4.16. The lowest BCUT2D eigenvalue weighted by atomic mass is 10.3. The minimum Gasteiger partial charge on any atom is -0.269 e. The highest BCUT2D eigenvalue weighted by atomic mass is 32.2. The Morgan fingerprint density at radius 1 is 1.42 bits per heavy atom. The standard InChI is InChI=1S/C12H10N4OS2/c1-8-2-3-16-10(4-8)14-9(5-11(16)17)6-18-12-15-13-7-19-12/h2-5,7H,6H2,1H3. The van der Waals surface area contributed by atoms with Gasteiger partial charge in [0, 0.05) is 18.0 Å². The molecule has 5 nitrogen and oxygen atoms in total. The van der Waals surface area contributed by atoms with E-state index in [1.54, 1.807) is 22.2 Å². The maximum Gasteiger partial charge on any atom is 0.258 e. The maximum absolute atomic E-state index is 12.0. The number of rotatable bonds is 3. The van der Waals surface area contributed by atoms with Gasteiger partial charge in [0.15, 0.2) is 4.34 Å². The summed E-state index contributed by atoms with van der Waals surface area (Å²) in [5, 5.41) is 7.73. The van der Waals surface area contributed by atoms with Gasteiger partial charge >= 0.3 is 0 Å². The van der Waals surface area contributed by atoms with Crippen LogP contribution in [0.5, 0.6) is 0 Å². The van der Waals surface area contributed by atoms with Gasteiger partial charge in [-0.05, 0) is 24.6 Å². The van der Waals surface area contributed by atoms with Crippen LogP contribution in [0, 0.1) is 6.92 Å². The number of aryl methyl sites for hydroxylation is 1. The molecule has 7 heteroatoms. The third-order valence-electron chi connectivity index (χ3n) is 2.56. The maximum atomic E-state index is 12.0. The van der Waals surface area contributed by atoms with Crippen molar-refractivity contribution >= 4 is 28.7 Å². The Hall–Kier alpha value is -1.73. The zero-order valence-corrected chi connectivity index (χ0v) is 11.7. The molecule has 19 heavy (non-hydrogen) atoms. The number of aromatic nitrogens is 4. The average molecular weight is 290 g/mol. The van der Waals surface area contributed by atoms with Gasteiger partial charge in [0.25, 0.3) is 5.56 Å². The van der Waals surface area contributed by atoms with E-state index in [9.17, 15) is 4.79 Å². The first-order valence-corrected chi connectivity index (χ1v) is 7.47. The zero-order chi connectivity index (χ0) is 13.2. The van der Waals surface area contributed by atoms with Crippen LogP contribution in [-0.4, -0.2) is 19.6 Å². The summed E-state index contributed by atoms with van der Waals surface area (Å²) in [6.07, 6.45) is 1.75. The minimum absolute atomic E-state index is 0.0575. The number of nitrogens with zero attached hydrogens (tertiary/aromatic N) is 4. The first-order chi connectivity index (χ1) is 9.22. The molecule has 0 aliphatic heterocycles. The van der Waals surface area contributed by atoms with E-state index in [2.05, 4.69) is 15.2 Å². The molecule has 0 N–H and O–H groups in total. The second-order valence-electron chi connectivity index (χ2n) is 4.01. The van der Waals surface area contributed by atoms with Crippen LogP contribution in [0.3, 0.4) is 0 Å². The van der Waals surface area contributed by atoms with Crippen LogP contribution in [0.1, 0.15) is 11.3 Å². The Kier molecular flexibility index (Phi) is 3.31. The lowest BCUT2D eigenvalue weighted by molar-refractivity contribution is 0.997. The van der Waals surface area contributed by atoms with E-state index < -0.39 is 0 Å². The van der Waals surface area contributed by atoms with Crippen LogP contribution in [0.2, 0.25) is 0 Å². The quantitative estimate of drug-likeness (QED) is 0.692. The van der Waals surface area contributed by atoms with Crippen LogP contribution in [-0.2, 0) is 5.75 Å². The molecule has 3 aromatic rings. The lowest BCUT2D eigenvalue weighted by Crippen LogP contribution is -2.15. The second-order valence-corrected chi connectivity index (χ2v) is 6.07. The van der Waals surface area contributed by atoms with Crippen molar-refractivity contribution in [2.75, 3.05) is 0 Å². The molecule has 0 radical (unpaired) electrons. The zero-order valence-electron chi connectivity index (χ0n) is 10.1. The Bertz CT molecular complexity index is 767. The van der Waals surface area contributed by atoms with E-state index in [0.29, 0.717) is 11.4 Å². The first-order valence-electron chi connectivity index (χ1n) is 5.60. The van der Waals surface area contributed by atoms with Gasteiger partial charge in [-0.1, -0.05) is 23.1 Å². The Balaban J connectivity index is 1.94. The lowest BCUT2D eigenvalue weighted by Gasteiger charge is -2.03. The molecule has 3 rings (SSSR count). The molecule has 0 aromatic carbocycles. The number of fused-ring (bicyclic) bond motifs is 1. The summed E-state index contributed by atoms with van der Waals surface area (Å²) in [4.78, 5) is 16.5. The van der Waals surface area contributed by atoms with Crippen molar-refractivity contribution in [1.29, 1.82) is 0 Å². The Morgan fingerprint density at radius 2 is 2.32 bits per heavy atom. The van der Waals surface area contributed by atoms with Gasteiger partial charge in [0.2, 0.25) is 0 Å². The van der Waals surface area contributed by atoms with E-state index in [-0.39, 0.29) is 5.56 Å². The van der Waals surface area contributed by atoms with Crippen LogP contribution in [0.15, 0.2) is 39.0 Å². The largest absolute Gasteiger partial charge is 0.269 e. The summed E-state index contributed by atoms with van der Waals surface area (Å²) in [5.74, 6) is 0.620. The number of hydrogen-bond acceptors (Lipinski definition) is 6. The average Bonchev–Trinajstić information content (AvgIpc) is 2.89. The monoisotopic (exact) mass is 290 g/mol. The molecule has 0 fully saturated rings. The van der Waals surface area contributed by atoms with Crippen LogP contribution in [0.25, 0.3) is 5.65 Å². The van der Waals surface area contributed by atoms with Crippen LogP contribution in [0.4, 0.5) is 0 Å². The Morgan fingerprint density at radius 3 is 3.11 bits per heavy atom. The minimum atomic E-state index is -0.0575. The fourth-order valence-corrected chi connectivity index (χ4v) is 3.07. The van der Waals surface area contributed by atoms with Crippen LogP contribution < -0.4 is 5.56 Å². The van der Waals surface area contributed by atoms with E-state index in [1.807, 2.05) is 19.1 Å². The molecule has 0 atom stereocenters. The summed E-state index contributed by atoms with van der Waals surface area (Å²) in [6, 6.07) is 5.36. The summed E-state index contributed by atoms with van der Waals surface area (Å²) in [6.45, 7) is 1.98. The van der Waals surface area contributed by atoms with E-state index in [1.165, 1.54) is 23.1 Å². The number of thioether (sulfide) groups is 1. The van der Waals surface area contributed by atoms with Gasteiger partial charge in [-0.2, -0.15) is 0 Å². The summed E-state index contributed by atoms with van der Waals surface area (Å²) < 4.78 is 2.43. The van der Waals surface area contributed by atoms with Crippen molar-refractivity contribution < 1.29 is 0 Å². The van der Waals surface area contributed by atoms with Crippen molar-refractivity contribution in [3.05, 3.63) is 51.5 Å². The molecule has 0 spiro atoms. The van der Waals surface area contributed by atoms with Crippen LogP contribution >= 0.6 is 23.1 Å². The highest BCUT2D eigenvalue weighted by Gasteiger charge is 2.05. The van der Waals surface area contributed by atoms with Gasteiger partial charge in [-0.15, -0.1) is 10.2 Å². The highest BCUT2D eigenvalue weighted by molar-refractivity contribution is 8.00. The van der Waals surface area contributed by atoms with Crippen molar-refractivity contribution in [2.45, 2.75) is 17.0 Å².